The maximum Gasteiger partial charge on any atom is 0.307 e. The molecule has 200 valence electrons. The molecule has 5 rings (SSSR count). The summed E-state index contributed by atoms with van der Waals surface area (Å²) in [6, 6.07) is 26.8. The minimum Gasteiger partial charge on any atom is -0.486 e. The molecule has 0 unspecified atom stereocenters. The normalized spacial score (nSPS) is 11.1. The molecule has 8 heteroatoms. The summed E-state index contributed by atoms with van der Waals surface area (Å²) in [5.41, 5.74) is 10.3. The molecular formula is C32H29N5O3. The molecule has 0 bridgehead atoms. The van der Waals surface area contributed by atoms with E-state index in [1.807, 2.05) is 56.3 Å². The van der Waals surface area contributed by atoms with Crippen LogP contribution in [0.2, 0.25) is 0 Å². The Bertz CT molecular complexity index is 1710. The maximum atomic E-state index is 12.6. The third kappa shape index (κ3) is 5.45. The number of rotatable bonds is 8. The lowest BCUT2D eigenvalue weighted by Gasteiger charge is -2.10. The zero-order valence-electron chi connectivity index (χ0n) is 22.8. The minimum atomic E-state index is -0.454. The van der Waals surface area contributed by atoms with Crippen molar-refractivity contribution in [2.45, 2.75) is 34.3 Å². The van der Waals surface area contributed by atoms with Crippen molar-refractivity contribution in [3.05, 3.63) is 124 Å². The highest BCUT2D eigenvalue weighted by Gasteiger charge is 2.13. The van der Waals surface area contributed by atoms with Gasteiger partial charge in [-0.15, -0.1) is 0 Å². The van der Waals surface area contributed by atoms with Gasteiger partial charge < -0.3 is 18.3 Å². The molecule has 5 aromatic rings. The molecule has 3 aromatic heterocycles. The van der Waals surface area contributed by atoms with E-state index in [1.54, 1.807) is 30.5 Å². The fourth-order valence-electron chi connectivity index (χ4n) is 4.72. The van der Waals surface area contributed by atoms with Gasteiger partial charge in [0.2, 0.25) is 0 Å². The van der Waals surface area contributed by atoms with Crippen LogP contribution in [0.5, 0.6) is 5.75 Å². The summed E-state index contributed by atoms with van der Waals surface area (Å²) < 4.78 is 15.8. The Morgan fingerprint density at radius 3 is 2.23 bits per heavy atom. The van der Waals surface area contributed by atoms with E-state index in [9.17, 15) is 4.79 Å². The molecule has 1 amide bonds. The first-order valence-electron chi connectivity index (χ1n) is 12.8. The summed E-state index contributed by atoms with van der Waals surface area (Å²) in [4.78, 5) is 12.6. The first kappa shape index (κ1) is 26.3. The lowest BCUT2D eigenvalue weighted by Crippen LogP contribution is -2.16. The molecule has 8 nitrogen and oxygen atoms in total. The predicted octanol–water partition coefficient (Wildman–Crippen LogP) is 6.31. The van der Waals surface area contributed by atoms with E-state index in [-0.39, 0.29) is 12.4 Å². The van der Waals surface area contributed by atoms with Crippen molar-refractivity contribution in [2.75, 3.05) is 0 Å². The van der Waals surface area contributed by atoms with Crippen LogP contribution >= 0.6 is 0 Å². The molecule has 0 radical (unpaired) electrons. The third-order valence-corrected chi connectivity index (χ3v) is 6.73. The zero-order chi connectivity index (χ0) is 28.2. The van der Waals surface area contributed by atoms with Crippen molar-refractivity contribution >= 4 is 12.1 Å². The van der Waals surface area contributed by atoms with Crippen LogP contribution < -0.4 is 10.2 Å². The second kappa shape index (κ2) is 11.2. The molecule has 0 aliphatic heterocycles. The number of nitriles is 1. The topological polar surface area (TPSA) is 97.5 Å². The van der Waals surface area contributed by atoms with Crippen LogP contribution in [-0.2, 0) is 6.61 Å². The van der Waals surface area contributed by atoms with Crippen molar-refractivity contribution in [2.24, 2.45) is 5.10 Å². The number of benzene rings is 2. The van der Waals surface area contributed by atoms with Gasteiger partial charge in [-0.25, -0.2) is 5.43 Å². The van der Waals surface area contributed by atoms with Gasteiger partial charge in [0.05, 0.1) is 17.8 Å². The molecule has 0 saturated heterocycles. The van der Waals surface area contributed by atoms with Crippen LogP contribution in [0.3, 0.4) is 0 Å². The summed E-state index contributed by atoms with van der Waals surface area (Å²) in [6.45, 7) is 8.31. The quantitative estimate of drug-likeness (QED) is 0.187. The molecule has 0 atom stereocenters. The summed E-state index contributed by atoms with van der Waals surface area (Å²) in [5, 5.41) is 13.2. The van der Waals surface area contributed by atoms with Crippen LogP contribution in [0, 0.1) is 39.0 Å². The summed E-state index contributed by atoms with van der Waals surface area (Å²) >= 11 is 0. The van der Waals surface area contributed by atoms with Gasteiger partial charge in [0.25, 0.3) is 0 Å². The number of hydrogen-bond donors (Lipinski definition) is 1. The van der Waals surface area contributed by atoms with Crippen LogP contribution in [0.15, 0.2) is 88.4 Å². The highest BCUT2D eigenvalue weighted by Crippen LogP contribution is 2.22. The Kier molecular flexibility index (Phi) is 7.38. The Morgan fingerprint density at radius 1 is 0.900 bits per heavy atom. The Balaban J connectivity index is 1.17. The van der Waals surface area contributed by atoms with Crippen molar-refractivity contribution < 1.29 is 13.9 Å². The second-order valence-electron chi connectivity index (χ2n) is 9.52. The van der Waals surface area contributed by atoms with E-state index < -0.39 is 5.91 Å². The number of hydrazone groups is 1. The number of nitrogens with zero attached hydrogens (tertiary/aromatic N) is 4. The number of carbonyl (C=O) groups excluding carboxylic acids is 1. The van der Waals surface area contributed by atoms with E-state index >= 15 is 0 Å². The number of hydrogen-bond acceptors (Lipinski definition) is 5. The van der Waals surface area contributed by atoms with Gasteiger partial charge in [0.1, 0.15) is 18.1 Å². The zero-order valence-corrected chi connectivity index (χ0v) is 22.8. The Morgan fingerprint density at radius 2 is 1.55 bits per heavy atom. The standard InChI is InChI=1S/C32H29N5O3/c1-21-5-6-22(2)36(21)27-11-13-29(14-12-27)39-20-30-15-16-31(40-30)32(38)35-34-19-26-17-23(3)37(24(26)4)28-9-7-25(18-33)8-10-28/h5-17,19H,20H2,1-4H3,(H,35,38)/b34-19+. The number of amides is 1. The van der Waals surface area contributed by atoms with E-state index in [0.29, 0.717) is 17.1 Å². The van der Waals surface area contributed by atoms with Crippen molar-refractivity contribution in [3.63, 3.8) is 0 Å². The number of ether oxygens (including phenoxy) is 1. The molecule has 0 aliphatic carbocycles. The molecular weight excluding hydrogens is 502 g/mol. The molecule has 3 heterocycles. The van der Waals surface area contributed by atoms with E-state index in [4.69, 9.17) is 14.4 Å². The van der Waals surface area contributed by atoms with Crippen LogP contribution in [-0.4, -0.2) is 21.3 Å². The van der Waals surface area contributed by atoms with E-state index in [0.717, 1.165) is 28.3 Å². The molecule has 0 saturated carbocycles. The minimum absolute atomic E-state index is 0.146. The van der Waals surface area contributed by atoms with Gasteiger partial charge in [0.15, 0.2) is 5.76 Å². The highest BCUT2D eigenvalue weighted by atomic mass is 16.5. The maximum absolute atomic E-state index is 12.6. The molecule has 0 spiro atoms. The van der Waals surface area contributed by atoms with Gasteiger partial charge >= 0.3 is 5.91 Å². The first-order chi connectivity index (χ1) is 19.3. The van der Waals surface area contributed by atoms with Crippen molar-refractivity contribution in [1.29, 1.82) is 5.26 Å². The SMILES string of the molecule is Cc1ccc(C)n1-c1ccc(OCc2ccc(C(=O)N/N=C/c3cc(C)n(-c4ccc(C#N)cc4)c3C)o2)cc1. The molecule has 0 aliphatic rings. The molecule has 0 fully saturated rings. The third-order valence-electron chi connectivity index (χ3n) is 6.73. The first-order valence-corrected chi connectivity index (χ1v) is 12.8. The number of aromatic nitrogens is 2. The summed E-state index contributed by atoms with van der Waals surface area (Å²) in [6.07, 6.45) is 1.60. The summed E-state index contributed by atoms with van der Waals surface area (Å²) in [5.74, 6) is 0.927. The fraction of sp³-hybridized carbons (Fsp3) is 0.156. The highest BCUT2D eigenvalue weighted by molar-refractivity contribution is 5.92. The lowest BCUT2D eigenvalue weighted by atomic mass is 10.2. The largest absolute Gasteiger partial charge is 0.486 e. The number of carbonyl (C=O) groups is 1. The molecule has 40 heavy (non-hydrogen) atoms. The fourth-order valence-corrected chi connectivity index (χ4v) is 4.72. The van der Waals surface area contributed by atoms with Gasteiger partial charge in [-0.2, -0.15) is 10.4 Å². The number of aryl methyl sites for hydroxylation is 3. The Labute approximate surface area is 232 Å². The average Bonchev–Trinajstić information content (AvgIpc) is 3.65. The predicted molar refractivity (Wildman–Crippen MR) is 153 cm³/mol. The average molecular weight is 532 g/mol. The molecule has 2 aromatic carbocycles. The van der Waals surface area contributed by atoms with Gasteiger partial charge in [-0.05, 0) is 107 Å². The monoisotopic (exact) mass is 531 g/mol. The van der Waals surface area contributed by atoms with E-state index in [2.05, 4.69) is 51.7 Å². The van der Waals surface area contributed by atoms with Crippen molar-refractivity contribution in [3.8, 4) is 23.2 Å². The number of nitrogens with one attached hydrogen (secondary N) is 1. The van der Waals surface area contributed by atoms with Crippen LogP contribution in [0.4, 0.5) is 0 Å². The van der Waals surface area contributed by atoms with Gasteiger partial charge in [-0.1, -0.05) is 0 Å². The molecule has 1 N–H and O–H groups in total. The Hall–Kier alpha value is -5.29. The number of furan rings is 1. The lowest BCUT2D eigenvalue weighted by molar-refractivity contribution is 0.0923. The van der Waals surface area contributed by atoms with E-state index in [1.165, 1.54) is 11.4 Å². The van der Waals surface area contributed by atoms with Crippen molar-refractivity contribution in [1.82, 2.24) is 14.6 Å². The van der Waals surface area contributed by atoms with Gasteiger partial charge in [0, 0.05) is 39.7 Å². The second-order valence-corrected chi connectivity index (χ2v) is 9.52. The summed E-state index contributed by atoms with van der Waals surface area (Å²) in [7, 11) is 0. The smallest absolute Gasteiger partial charge is 0.307 e. The van der Waals surface area contributed by atoms with Crippen LogP contribution in [0.25, 0.3) is 11.4 Å². The van der Waals surface area contributed by atoms with Gasteiger partial charge in [-0.3, -0.25) is 4.79 Å². The van der Waals surface area contributed by atoms with Crippen LogP contribution in [0.1, 0.15) is 50.2 Å².